The van der Waals surface area contributed by atoms with Crippen LogP contribution < -0.4 is 27.3 Å². The van der Waals surface area contributed by atoms with Gasteiger partial charge in [0.25, 0.3) is 0 Å². The van der Waals surface area contributed by atoms with Crippen LogP contribution in [-0.2, 0) is 0 Å². The minimum Gasteiger partial charge on any atom is -0.310 e. The zero-order valence-electron chi connectivity index (χ0n) is 15.4. The predicted octanol–water partition coefficient (Wildman–Crippen LogP) is 0.668. The monoisotopic (exact) mass is 421 g/mol. The van der Waals surface area contributed by atoms with Crippen LogP contribution >= 0.6 is 15.9 Å². The van der Waals surface area contributed by atoms with Crippen molar-refractivity contribution in [2.75, 3.05) is 0 Å². The number of halogens is 1. The van der Waals surface area contributed by atoms with Crippen LogP contribution in [0, 0.1) is 0 Å². The summed E-state index contributed by atoms with van der Waals surface area (Å²) in [6, 6.07) is 18.4. The summed E-state index contributed by atoms with van der Waals surface area (Å²) in [5.41, 5.74) is 3.72. The first kappa shape index (κ1) is 18.8. The third kappa shape index (κ3) is 2.53. The molecule has 0 aliphatic heterocycles. The van der Waals surface area contributed by atoms with E-state index < -0.39 is 0 Å². The molecule has 0 saturated carbocycles. The summed E-state index contributed by atoms with van der Waals surface area (Å²) < 4.78 is 2.98. The molecule has 0 bridgehead atoms. The van der Waals surface area contributed by atoms with E-state index in [1.807, 2.05) is 34.9 Å². The van der Waals surface area contributed by atoms with Gasteiger partial charge in [-0.15, -0.1) is 16.4 Å². The molecule has 1 heterocycles. The van der Waals surface area contributed by atoms with Gasteiger partial charge in [0.1, 0.15) is 39.2 Å². The Morgan fingerprint density at radius 2 is 1.10 bits per heavy atom. The molecule has 0 spiro atoms. The Hall–Kier alpha value is -2.26. The van der Waals surface area contributed by atoms with Gasteiger partial charge in [-0.2, -0.15) is 0 Å². The Kier molecular flexibility index (Phi) is 4.29. The summed E-state index contributed by atoms with van der Waals surface area (Å²) in [5, 5.41) is 4.44. The van der Waals surface area contributed by atoms with Gasteiger partial charge in [-0.25, -0.2) is 0 Å². The molecule has 5 aromatic rings. The minimum absolute atomic E-state index is 0.205. The summed E-state index contributed by atoms with van der Waals surface area (Å²) in [5.74, 6) is 0. The van der Waals surface area contributed by atoms with E-state index in [2.05, 4.69) is 40.2 Å². The van der Waals surface area contributed by atoms with Gasteiger partial charge in [0.05, 0.1) is 11.0 Å². The van der Waals surface area contributed by atoms with Gasteiger partial charge < -0.3 is 4.57 Å². The highest BCUT2D eigenvalue weighted by atomic mass is 79.9. The smallest absolute Gasteiger partial charge is 0.115 e. The molecule has 0 N–H and O–H groups in total. The first-order chi connectivity index (χ1) is 13.9. The number of nitrogens with zero attached hydrogens (tertiary/aromatic N) is 1. The van der Waals surface area contributed by atoms with Crippen molar-refractivity contribution in [3.63, 3.8) is 0 Å². The van der Waals surface area contributed by atoms with Gasteiger partial charge in [0, 0.05) is 20.9 Å². The van der Waals surface area contributed by atoms with Crippen molar-refractivity contribution in [1.29, 1.82) is 0 Å². The van der Waals surface area contributed by atoms with E-state index in [0.29, 0.717) is 16.6 Å². The van der Waals surface area contributed by atoms with E-state index in [4.69, 9.17) is 39.2 Å². The Morgan fingerprint density at radius 1 is 0.586 bits per heavy atom. The first-order valence-corrected chi connectivity index (χ1v) is 9.83. The molecule has 0 fully saturated rings. The zero-order valence-corrected chi connectivity index (χ0v) is 17.0. The molecule has 7 heteroatoms. The standard InChI is InChI=1S/C22H9B5BrN/c23-17-18(24)20(26)22(21(27)19(17)25)29-14-8-4-3-7-12(14)16-11-6-2-1-5-10(11)13(28)9-15(16)29/h1-9H. The Balaban J connectivity index is 2.09. The fraction of sp³-hybridized carbons (Fsp3) is 0. The van der Waals surface area contributed by atoms with Gasteiger partial charge in [0.15, 0.2) is 0 Å². The molecule has 10 radical (unpaired) electrons. The number of benzene rings is 4. The lowest BCUT2D eigenvalue weighted by atomic mass is 9.61. The highest BCUT2D eigenvalue weighted by molar-refractivity contribution is 9.10. The van der Waals surface area contributed by atoms with Crippen LogP contribution in [0.25, 0.3) is 38.3 Å². The summed E-state index contributed by atoms with van der Waals surface area (Å²) in [7, 11) is 31.1. The SMILES string of the molecule is [B]c1c([B])c([B])c(-n2c3ccccc3c3c4ccccc4c(Br)cc32)c([B])c1[B]. The molecule has 0 amide bonds. The van der Waals surface area contributed by atoms with E-state index in [-0.39, 0.29) is 16.4 Å². The van der Waals surface area contributed by atoms with Crippen molar-refractivity contribution in [3.05, 3.63) is 59.1 Å². The topological polar surface area (TPSA) is 4.93 Å². The fourth-order valence-corrected chi connectivity index (χ4v) is 4.67. The number of para-hydroxylation sites is 1. The lowest BCUT2D eigenvalue weighted by Gasteiger charge is -2.23. The molecule has 29 heavy (non-hydrogen) atoms. The van der Waals surface area contributed by atoms with Crippen molar-refractivity contribution >= 4 is 115 Å². The Morgan fingerprint density at radius 3 is 1.76 bits per heavy atom. The molecule has 0 unspecified atom stereocenters. The van der Waals surface area contributed by atoms with Gasteiger partial charge in [0.2, 0.25) is 0 Å². The van der Waals surface area contributed by atoms with E-state index in [0.717, 1.165) is 37.1 Å². The van der Waals surface area contributed by atoms with Crippen molar-refractivity contribution in [2.45, 2.75) is 0 Å². The van der Waals surface area contributed by atoms with Crippen LogP contribution in [0.1, 0.15) is 0 Å². The fourth-order valence-electron chi connectivity index (χ4n) is 4.10. The molecule has 0 aliphatic rings. The van der Waals surface area contributed by atoms with E-state index >= 15 is 0 Å². The van der Waals surface area contributed by atoms with Crippen molar-refractivity contribution in [3.8, 4) is 5.69 Å². The molecule has 5 rings (SSSR count). The quantitative estimate of drug-likeness (QED) is 0.351. The highest BCUT2D eigenvalue weighted by Gasteiger charge is 2.19. The second-order valence-electron chi connectivity index (χ2n) is 7.07. The highest BCUT2D eigenvalue weighted by Crippen LogP contribution is 2.39. The molecule has 0 aliphatic carbocycles. The lowest BCUT2D eigenvalue weighted by molar-refractivity contribution is 1.21. The average molecular weight is 421 g/mol. The maximum absolute atomic E-state index is 6.40. The van der Waals surface area contributed by atoms with Crippen LogP contribution in [-0.4, -0.2) is 43.8 Å². The van der Waals surface area contributed by atoms with Crippen LogP contribution in [0.3, 0.4) is 0 Å². The predicted molar refractivity (Wildman–Crippen MR) is 133 cm³/mol. The van der Waals surface area contributed by atoms with Gasteiger partial charge >= 0.3 is 0 Å². The van der Waals surface area contributed by atoms with Crippen LogP contribution in [0.2, 0.25) is 0 Å². The lowest BCUT2D eigenvalue weighted by Crippen LogP contribution is -2.56. The summed E-state index contributed by atoms with van der Waals surface area (Å²) in [6.07, 6.45) is 0. The van der Waals surface area contributed by atoms with E-state index in [9.17, 15) is 0 Å². The second-order valence-corrected chi connectivity index (χ2v) is 7.92. The zero-order chi connectivity index (χ0) is 20.4. The number of aromatic nitrogens is 1. The summed E-state index contributed by atoms with van der Waals surface area (Å²) in [4.78, 5) is 0. The average Bonchev–Trinajstić information content (AvgIpc) is 3.05. The molecule has 124 valence electrons. The first-order valence-electron chi connectivity index (χ1n) is 9.04. The summed E-state index contributed by atoms with van der Waals surface area (Å²) in [6.45, 7) is 0. The molecular weight excluding hydrogens is 412 g/mol. The number of fused-ring (bicyclic) bond motifs is 5. The van der Waals surface area contributed by atoms with Crippen molar-refractivity contribution in [2.24, 2.45) is 0 Å². The normalized spacial score (nSPS) is 11.6. The van der Waals surface area contributed by atoms with Crippen LogP contribution in [0.15, 0.2) is 59.1 Å². The second kappa shape index (κ2) is 6.63. The van der Waals surface area contributed by atoms with E-state index in [1.54, 1.807) is 0 Å². The number of hydrogen-bond acceptors (Lipinski definition) is 0. The minimum atomic E-state index is 0.205. The third-order valence-corrected chi connectivity index (χ3v) is 6.18. The molecule has 0 saturated heterocycles. The van der Waals surface area contributed by atoms with Gasteiger partial charge in [-0.1, -0.05) is 69.3 Å². The Labute approximate surface area is 184 Å². The maximum atomic E-state index is 6.40. The van der Waals surface area contributed by atoms with Gasteiger partial charge in [-0.05, 0) is 22.9 Å². The number of hydrogen-bond donors (Lipinski definition) is 0. The van der Waals surface area contributed by atoms with Crippen molar-refractivity contribution < 1.29 is 0 Å². The van der Waals surface area contributed by atoms with Gasteiger partial charge in [-0.3, -0.25) is 0 Å². The molecular formula is C22H9B5BrN. The molecule has 1 aromatic heterocycles. The third-order valence-electron chi connectivity index (χ3n) is 5.52. The van der Waals surface area contributed by atoms with Crippen LogP contribution in [0.5, 0.6) is 0 Å². The Bertz CT molecular complexity index is 1440. The number of rotatable bonds is 1. The molecule has 0 atom stereocenters. The molecule has 1 nitrogen and oxygen atoms in total. The summed E-state index contributed by atoms with van der Waals surface area (Å²) >= 11 is 3.71. The largest absolute Gasteiger partial charge is 0.310 e. The van der Waals surface area contributed by atoms with E-state index in [1.165, 1.54) is 0 Å². The van der Waals surface area contributed by atoms with Crippen molar-refractivity contribution in [1.82, 2.24) is 4.57 Å². The van der Waals surface area contributed by atoms with Crippen LogP contribution in [0.4, 0.5) is 0 Å². The maximum Gasteiger partial charge on any atom is 0.115 e. The molecule has 4 aromatic carbocycles.